The van der Waals surface area contributed by atoms with Gasteiger partial charge in [0.25, 0.3) is 0 Å². The Balaban J connectivity index is 2.22. The van der Waals surface area contributed by atoms with Crippen LogP contribution in [0.15, 0.2) is 0 Å². The maximum atomic E-state index is 5.83. The minimum Gasteiger partial charge on any atom is -0.477 e. The fourth-order valence-corrected chi connectivity index (χ4v) is 3.28. The van der Waals surface area contributed by atoms with E-state index in [-0.39, 0.29) is 0 Å². The molecule has 1 unspecified atom stereocenters. The first kappa shape index (κ1) is 13.3. The number of rotatable bonds is 4. The van der Waals surface area contributed by atoms with Gasteiger partial charge in [0.15, 0.2) is 11.5 Å². The summed E-state index contributed by atoms with van der Waals surface area (Å²) in [7, 11) is 0. The van der Waals surface area contributed by atoms with Crippen molar-refractivity contribution in [3.8, 4) is 5.88 Å². The molecule has 2 aromatic heterocycles. The largest absolute Gasteiger partial charge is 0.477 e. The SMILES string of the molecule is CCCC1CCCc2c1c(OCC)nn1c(C)nnc21. The van der Waals surface area contributed by atoms with Crippen LogP contribution in [0, 0.1) is 6.92 Å². The Kier molecular flexibility index (Phi) is 3.59. The van der Waals surface area contributed by atoms with E-state index in [9.17, 15) is 0 Å². The van der Waals surface area contributed by atoms with E-state index in [2.05, 4.69) is 22.2 Å². The van der Waals surface area contributed by atoms with Crippen molar-refractivity contribution in [1.29, 1.82) is 0 Å². The van der Waals surface area contributed by atoms with Crippen LogP contribution < -0.4 is 4.74 Å². The van der Waals surface area contributed by atoms with E-state index >= 15 is 0 Å². The molecule has 0 amide bonds. The van der Waals surface area contributed by atoms with E-state index in [1.807, 2.05) is 18.4 Å². The molecule has 0 aromatic carbocycles. The van der Waals surface area contributed by atoms with Crippen LogP contribution >= 0.6 is 0 Å². The molecule has 20 heavy (non-hydrogen) atoms. The molecule has 2 heterocycles. The van der Waals surface area contributed by atoms with Gasteiger partial charge in [0.2, 0.25) is 5.88 Å². The number of aryl methyl sites for hydroxylation is 2. The maximum absolute atomic E-state index is 5.83. The molecule has 1 atom stereocenters. The van der Waals surface area contributed by atoms with Gasteiger partial charge in [-0.2, -0.15) is 4.52 Å². The zero-order chi connectivity index (χ0) is 14.1. The lowest BCUT2D eigenvalue weighted by molar-refractivity contribution is 0.309. The maximum Gasteiger partial charge on any atom is 0.235 e. The monoisotopic (exact) mass is 274 g/mol. The van der Waals surface area contributed by atoms with Gasteiger partial charge in [-0.3, -0.25) is 0 Å². The molecular weight excluding hydrogens is 252 g/mol. The van der Waals surface area contributed by atoms with E-state index in [1.54, 1.807) is 0 Å². The average molecular weight is 274 g/mol. The van der Waals surface area contributed by atoms with Crippen LogP contribution in [0.2, 0.25) is 0 Å². The van der Waals surface area contributed by atoms with Crippen molar-refractivity contribution in [2.75, 3.05) is 6.61 Å². The number of fused-ring (bicyclic) bond motifs is 3. The normalized spacial score (nSPS) is 18.2. The summed E-state index contributed by atoms with van der Waals surface area (Å²) < 4.78 is 7.66. The number of ether oxygens (including phenoxy) is 1. The predicted octanol–water partition coefficient (Wildman–Crippen LogP) is 3.05. The molecule has 0 fully saturated rings. The molecule has 0 saturated heterocycles. The molecule has 1 aliphatic carbocycles. The van der Waals surface area contributed by atoms with Gasteiger partial charge in [-0.25, -0.2) is 0 Å². The van der Waals surface area contributed by atoms with E-state index in [4.69, 9.17) is 4.74 Å². The second-order valence-corrected chi connectivity index (χ2v) is 5.49. The lowest BCUT2D eigenvalue weighted by atomic mass is 9.81. The first-order valence-corrected chi connectivity index (χ1v) is 7.63. The molecule has 0 radical (unpaired) electrons. The molecule has 0 saturated carbocycles. The van der Waals surface area contributed by atoms with Crippen molar-refractivity contribution in [3.05, 3.63) is 17.0 Å². The third kappa shape index (κ3) is 2.05. The highest BCUT2D eigenvalue weighted by Gasteiger charge is 2.28. The number of nitrogens with zero attached hydrogens (tertiary/aromatic N) is 4. The topological polar surface area (TPSA) is 52.3 Å². The minimum absolute atomic E-state index is 0.555. The molecule has 0 bridgehead atoms. The third-order valence-corrected chi connectivity index (χ3v) is 4.12. The second kappa shape index (κ2) is 5.38. The van der Waals surface area contributed by atoms with Gasteiger partial charge in [0, 0.05) is 11.1 Å². The summed E-state index contributed by atoms with van der Waals surface area (Å²) in [5.41, 5.74) is 3.51. The molecule has 0 aliphatic heterocycles. The van der Waals surface area contributed by atoms with Gasteiger partial charge >= 0.3 is 0 Å². The summed E-state index contributed by atoms with van der Waals surface area (Å²) in [6.07, 6.45) is 5.88. The molecular formula is C15H22N4O. The summed E-state index contributed by atoms with van der Waals surface area (Å²) in [6.45, 7) is 6.82. The first-order valence-electron chi connectivity index (χ1n) is 7.63. The van der Waals surface area contributed by atoms with Gasteiger partial charge in [0.05, 0.1) is 6.61 Å². The number of hydrogen-bond acceptors (Lipinski definition) is 4. The van der Waals surface area contributed by atoms with Gasteiger partial charge in [-0.15, -0.1) is 15.3 Å². The molecule has 108 valence electrons. The fourth-order valence-electron chi connectivity index (χ4n) is 3.28. The third-order valence-electron chi connectivity index (χ3n) is 4.12. The van der Waals surface area contributed by atoms with Gasteiger partial charge in [0.1, 0.15) is 0 Å². The van der Waals surface area contributed by atoms with Crippen LogP contribution in [0.5, 0.6) is 5.88 Å². The summed E-state index contributed by atoms with van der Waals surface area (Å²) in [4.78, 5) is 0. The summed E-state index contributed by atoms with van der Waals surface area (Å²) in [5.74, 6) is 2.16. The zero-order valence-electron chi connectivity index (χ0n) is 12.5. The molecule has 5 heteroatoms. The van der Waals surface area contributed by atoms with Crippen molar-refractivity contribution in [2.45, 2.75) is 58.8 Å². The Morgan fingerprint density at radius 3 is 2.90 bits per heavy atom. The molecule has 2 aromatic rings. The average Bonchev–Trinajstić information content (AvgIpc) is 2.82. The highest BCUT2D eigenvalue weighted by atomic mass is 16.5. The highest BCUT2D eigenvalue weighted by molar-refractivity contribution is 5.56. The van der Waals surface area contributed by atoms with Crippen molar-refractivity contribution in [3.63, 3.8) is 0 Å². The Bertz CT molecular complexity index is 620. The van der Waals surface area contributed by atoms with Crippen LogP contribution in [0.4, 0.5) is 0 Å². The molecule has 0 spiro atoms. The Hall–Kier alpha value is -1.65. The zero-order valence-corrected chi connectivity index (χ0v) is 12.5. The van der Waals surface area contributed by atoms with Crippen LogP contribution in [0.3, 0.4) is 0 Å². The minimum atomic E-state index is 0.555. The highest BCUT2D eigenvalue weighted by Crippen LogP contribution is 2.40. The van der Waals surface area contributed by atoms with Gasteiger partial charge in [-0.05, 0) is 45.4 Å². The van der Waals surface area contributed by atoms with E-state index in [0.29, 0.717) is 12.5 Å². The van der Waals surface area contributed by atoms with Crippen LogP contribution in [-0.2, 0) is 6.42 Å². The summed E-state index contributed by atoms with van der Waals surface area (Å²) >= 11 is 0. The molecule has 5 nitrogen and oxygen atoms in total. The van der Waals surface area contributed by atoms with Crippen molar-refractivity contribution >= 4 is 5.65 Å². The first-order chi connectivity index (χ1) is 9.76. The quantitative estimate of drug-likeness (QED) is 0.860. The van der Waals surface area contributed by atoms with Crippen molar-refractivity contribution in [1.82, 2.24) is 19.8 Å². The predicted molar refractivity (Wildman–Crippen MR) is 77.3 cm³/mol. The second-order valence-electron chi connectivity index (χ2n) is 5.49. The van der Waals surface area contributed by atoms with E-state index in [1.165, 1.54) is 36.8 Å². The summed E-state index contributed by atoms with van der Waals surface area (Å²) in [6, 6.07) is 0. The van der Waals surface area contributed by atoms with Crippen LogP contribution in [0.1, 0.15) is 62.4 Å². The lowest BCUT2D eigenvalue weighted by Crippen LogP contribution is -2.16. The van der Waals surface area contributed by atoms with Gasteiger partial charge < -0.3 is 4.74 Å². The van der Waals surface area contributed by atoms with Crippen LogP contribution in [0.25, 0.3) is 5.65 Å². The van der Waals surface area contributed by atoms with Gasteiger partial charge in [-0.1, -0.05) is 13.3 Å². The van der Waals surface area contributed by atoms with E-state index < -0.39 is 0 Å². The number of hydrogen-bond donors (Lipinski definition) is 0. The molecule has 0 N–H and O–H groups in total. The number of aromatic nitrogens is 4. The fraction of sp³-hybridized carbons (Fsp3) is 0.667. The van der Waals surface area contributed by atoms with E-state index in [0.717, 1.165) is 23.8 Å². The van der Waals surface area contributed by atoms with Crippen molar-refractivity contribution < 1.29 is 4.74 Å². The van der Waals surface area contributed by atoms with Crippen molar-refractivity contribution in [2.24, 2.45) is 0 Å². The smallest absolute Gasteiger partial charge is 0.235 e. The molecule has 1 aliphatic rings. The Labute approximate surface area is 119 Å². The standard InChI is InChI=1S/C15H22N4O/c1-4-7-11-8-6-9-12-13(11)15(20-5-2)18-19-10(3)16-17-14(12)19/h11H,4-9H2,1-3H3. The lowest BCUT2D eigenvalue weighted by Gasteiger charge is -2.26. The molecule has 3 rings (SSSR count). The Morgan fingerprint density at radius 2 is 2.15 bits per heavy atom. The Morgan fingerprint density at radius 1 is 1.30 bits per heavy atom. The summed E-state index contributed by atoms with van der Waals surface area (Å²) in [5, 5.41) is 13.1. The van der Waals surface area contributed by atoms with Crippen LogP contribution in [-0.4, -0.2) is 26.4 Å².